The Bertz CT molecular complexity index is 871. The number of allylic oxidation sites excluding steroid dienone is 1. The molecule has 1 aliphatic heterocycles. The van der Waals surface area contributed by atoms with E-state index in [1.165, 1.54) is 5.56 Å². The molecule has 2 aromatic rings. The smallest absolute Gasteiger partial charge is 0.239 e. The van der Waals surface area contributed by atoms with E-state index in [2.05, 4.69) is 39.6 Å². The number of nitrogens with two attached hydrogens (primary N) is 1. The standard InChI is InChI=1S/C24H30N4O/c1-18-14-19(2)16-21(15-18)22(23(25)29)28-13-9-24(7-3-10-27-17-24)8-4-20-5-11-26-12-6-20/h3,5-7,10-12,14-16,22,28H,4,8-9,13,17H2,1-2H3,(H2,25,29). The van der Waals surface area contributed by atoms with Gasteiger partial charge in [0.25, 0.3) is 0 Å². The first-order valence-electron chi connectivity index (χ1n) is 10.1. The monoisotopic (exact) mass is 390 g/mol. The van der Waals surface area contributed by atoms with Gasteiger partial charge in [-0.15, -0.1) is 0 Å². The molecule has 5 heteroatoms. The molecule has 0 saturated carbocycles. The maximum atomic E-state index is 12.1. The second-order valence-electron chi connectivity index (χ2n) is 8.03. The van der Waals surface area contributed by atoms with E-state index in [1.807, 2.05) is 50.7 Å². The fourth-order valence-corrected chi connectivity index (χ4v) is 4.01. The quantitative estimate of drug-likeness (QED) is 0.688. The number of nitrogens with zero attached hydrogens (tertiary/aromatic N) is 2. The van der Waals surface area contributed by atoms with Gasteiger partial charge in [-0.3, -0.25) is 14.8 Å². The summed E-state index contributed by atoms with van der Waals surface area (Å²) in [6.07, 6.45) is 12.7. The second-order valence-corrected chi connectivity index (χ2v) is 8.03. The number of dihydropyridines is 1. The highest BCUT2D eigenvalue weighted by atomic mass is 16.1. The fraction of sp³-hybridized carbons (Fsp3) is 0.375. The van der Waals surface area contributed by atoms with Crippen LogP contribution in [0.1, 0.15) is 41.1 Å². The third kappa shape index (κ3) is 5.84. The van der Waals surface area contributed by atoms with E-state index in [1.54, 1.807) is 0 Å². The van der Waals surface area contributed by atoms with Crippen molar-refractivity contribution in [1.82, 2.24) is 10.3 Å². The molecule has 1 aromatic carbocycles. The Morgan fingerprint density at radius 2 is 1.90 bits per heavy atom. The van der Waals surface area contributed by atoms with E-state index in [9.17, 15) is 4.79 Å². The van der Waals surface area contributed by atoms with Crippen LogP contribution in [0.25, 0.3) is 0 Å². The average molecular weight is 391 g/mol. The first-order chi connectivity index (χ1) is 14.0. The van der Waals surface area contributed by atoms with Crippen LogP contribution in [0, 0.1) is 19.3 Å². The first kappa shape index (κ1) is 20.9. The molecule has 3 rings (SSSR count). The van der Waals surface area contributed by atoms with Crippen molar-refractivity contribution in [2.75, 3.05) is 13.1 Å². The lowest BCUT2D eigenvalue weighted by atomic mass is 9.78. The molecule has 0 bridgehead atoms. The van der Waals surface area contributed by atoms with Gasteiger partial charge < -0.3 is 11.1 Å². The number of rotatable bonds is 9. The number of aromatic nitrogens is 1. The minimum atomic E-state index is -0.484. The summed E-state index contributed by atoms with van der Waals surface area (Å²) in [5.41, 5.74) is 10.2. The second kappa shape index (κ2) is 9.61. The van der Waals surface area contributed by atoms with Gasteiger partial charge in [0.2, 0.25) is 5.91 Å². The van der Waals surface area contributed by atoms with Crippen LogP contribution in [0.5, 0.6) is 0 Å². The van der Waals surface area contributed by atoms with Crippen LogP contribution in [-0.4, -0.2) is 30.2 Å². The summed E-state index contributed by atoms with van der Waals surface area (Å²) in [5.74, 6) is -0.349. The highest BCUT2D eigenvalue weighted by Crippen LogP contribution is 2.32. The van der Waals surface area contributed by atoms with Gasteiger partial charge in [-0.1, -0.05) is 35.4 Å². The molecule has 1 aliphatic rings. The molecular formula is C24H30N4O. The first-order valence-corrected chi connectivity index (χ1v) is 10.1. The number of benzene rings is 1. The minimum Gasteiger partial charge on any atom is -0.368 e. The normalized spacial score (nSPS) is 19.2. The third-order valence-corrected chi connectivity index (χ3v) is 5.54. The number of aliphatic imine (C=N–C) groups is 1. The van der Waals surface area contributed by atoms with Crippen molar-refractivity contribution < 1.29 is 4.79 Å². The van der Waals surface area contributed by atoms with Crippen LogP contribution in [0.3, 0.4) is 0 Å². The fourth-order valence-electron chi connectivity index (χ4n) is 4.01. The highest BCUT2D eigenvalue weighted by molar-refractivity contribution is 5.81. The number of amides is 1. The third-order valence-electron chi connectivity index (χ3n) is 5.54. The zero-order valence-corrected chi connectivity index (χ0v) is 17.3. The van der Waals surface area contributed by atoms with Gasteiger partial charge in [0, 0.05) is 30.6 Å². The van der Waals surface area contributed by atoms with Gasteiger partial charge in [0.15, 0.2) is 0 Å². The molecule has 2 heterocycles. The number of aryl methyl sites for hydroxylation is 3. The number of primary amides is 1. The SMILES string of the molecule is Cc1cc(C)cc(C(NCCC2(CCc3ccncc3)C=CC=NC2)C(N)=O)c1. The van der Waals surface area contributed by atoms with Crippen molar-refractivity contribution in [1.29, 1.82) is 0 Å². The molecule has 1 aromatic heterocycles. The summed E-state index contributed by atoms with van der Waals surface area (Å²) in [7, 11) is 0. The molecular weight excluding hydrogens is 360 g/mol. The Morgan fingerprint density at radius 1 is 1.17 bits per heavy atom. The number of carbonyl (C=O) groups is 1. The lowest BCUT2D eigenvalue weighted by molar-refractivity contribution is -0.120. The van der Waals surface area contributed by atoms with E-state index >= 15 is 0 Å². The van der Waals surface area contributed by atoms with Crippen LogP contribution in [-0.2, 0) is 11.2 Å². The van der Waals surface area contributed by atoms with E-state index in [4.69, 9.17) is 5.73 Å². The Labute approximate surface area is 173 Å². The molecule has 29 heavy (non-hydrogen) atoms. The number of pyridine rings is 1. The van der Waals surface area contributed by atoms with Crippen LogP contribution < -0.4 is 11.1 Å². The van der Waals surface area contributed by atoms with Crippen LogP contribution in [0.15, 0.2) is 59.9 Å². The van der Waals surface area contributed by atoms with Crippen LogP contribution >= 0.6 is 0 Å². The van der Waals surface area contributed by atoms with E-state index in [-0.39, 0.29) is 11.3 Å². The van der Waals surface area contributed by atoms with Crippen LogP contribution in [0.4, 0.5) is 0 Å². The zero-order chi connectivity index (χ0) is 20.7. The molecule has 0 aliphatic carbocycles. The summed E-state index contributed by atoms with van der Waals surface area (Å²) in [4.78, 5) is 20.7. The molecule has 0 radical (unpaired) electrons. The Morgan fingerprint density at radius 3 is 2.52 bits per heavy atom. The molecule has 2 unspecified atom stereocenters. The maximum Gasteiger partial charge on any atom is 0.239 e. The van der Waals surface area contributed by atoms with Crippen molar-refractivity contribution in [3.63, 3.8) is 0 Å². The van der Waals surface area contributed by atoms with Gasteiger partial charge in [-0.25, -0.2) is 0 Å². The molecule has 5 nitrogen and oxygen atoms in total. The Kier molecular flexibility index (Phi) is 6.94. The van der Waals surface area contributed by atoms with Crippen molar-refractivity contribution in [2.45, 2.75) is 39.2 Å². The molecule has 3 N–H and O–H groups in total. The van der Waals surface area contributed by atoms with Crippen molar-refractivity contribution >= 4 is 12.1 Å². The molecule has 0 saturated heterocycles. The molecule has 2 atom stereocenters. The van der Waals surface area contributed by atoms with Gasteiger partial charge in [-0.05, 0) is 69.0 Å². The maximum absolute atomic E-state index is 12.1. The summed E-state index contributed by atoms with van der Waals surface area (Å²) >= 11 is 0. The van der Waals surface area contributed by atoms with E-state index < -0.39 is 6.04 Å². The molecule has 0 spiro atoms. The predicted molar refractivity (Wildman–Crippen MR) is 118 cm³/mol. The number of hydrogen-bond acceptors (Lipinski definition) is 4. The predicted octanol–water partition coefficient (Wildman–Crippen LogP) is 3.46. The number of hydrogen-bond donors (Lipinski definition) is 2. The summed E-state index contributed by atoms with van der Waals surface area (Å²) in [6.45, 7) is 5.53. The zero-order valence-electron chi connectivity index (χ0n) is 17.3. The van der Waals surface area contributed by atoms with Gasteiger partial charge in [0.05, 0.1) is 0 Å². The molecule has 152 valence electrons. The van der Waals surface area contributed by atoms with Crippen molar-refractivity contribution in [3.8, 4) is 0 Å². The van der Waals surface area contributed by atoms with E-state index in [0.717, 1.165) is 42.5 Å². The number of carbonyl (C=O) groups excluding carboxylic acids is 1. The molecule has 1 amide bonds. The van der Waals surface area contributed by atoms with Crippen LogP contribution in [0.2, 0.25) is 0 Å². The average Bonchev–Trinajstić information content (AvgIpc) is 2.70. The molecule has 0 fully saturated rings. The Hall–Kier alpha value is -2.79. The highest BCUT2D eigenvalue weighted by Gasteiger charge is 2.28. The topological polar surface area (TPSA) is 80.4 Å². The summed E-state index contributed by atoms with van der Waals surface area (Å²) < 4.78 is 0. The van der Waals surface area contributed by atoms with Gasteiger partial charge >= 0.3 is 0 Å². The minimum absolute atomic E-state index is 0.0181. The van der Waals surface area contributed by atoms with Gasteiger partial charge in [-0.2, -0.15) is 0 Å². The lowest BCUT2D eigenvalue weighted by Crippen LogP contribution is -2.37. The van der Waals surface area contributed by atoms with Crippen molar-refractivity contribution in [3.05, 3.63) is 77.1 Å². The van der Waals surface area contributed by atoms with Crippen molar-refractivity contribution in [2.24, 2.45) is 16.1 Å². The summed E-state index contributed by atoms with van der Waals surface area (Å²) in [6, 6.07) is 9.79. The number of nitrogens with one attached hydrogen (secondary N) is 1. The largest absolute Gasteiger partial charge is 0.368 e. The lowest BCUT2D eigenvalue weighted by Gasteiger charge is -2.31. The Balaban J connectivity index is 1.66. The van der Waals surface area contributed by atoms with E-state index in [0.29, 0.717) is 6.54 Å². The summed E-state index contributed by atoms with van der Waals surface area (Å²) in [5, 5.41) is 3.39. The van der Waals surface area contributed by atoms with Gasteiger partial charge in [0.1, 0.15) is 6.04 Å².